The molecule has 172 valence electrons. The Labute approximate surface area is 199 Å². The first kappa shape index (κ1) is 23.2. The fourth-order valence-electron chi connectivity index (χ4n) is 4.10. The molecular weight excluding hydrogens is 429 g/mol. The van der Waals surface area contributed by atoms with Gasteiger partial charge in [-0.25, -0.2) is 4.39 Å². The minimum atomic E-state index is -0.866. The van der Waals surface area contributed by atoms with Gasteiger partial charge in [-0.15, -0.1) is 0 Å². The number of ether oxygens (including phenoxy) is 2. The van der Waals surface area contributed by atoms with Crippen molar-refractivity contribution in [1.82, 2.24) is 5.32 Å². The van der Waals surface area contributed by atoms with E-state index in [2.05, 4.69) is 5.32 Å². The lowest BCUT2D eigenvalue weighted by molar-refractivity contribution is -0.144. The second-order valence-electron chi connectivity index (χ2n) is 7.83. The monoisotopic (exact) mass is 455 g/mol. The molecule has 0 saturated carbocycles. The molecule has 4 nitrogen and oxygen atoms in total. The summed E-state index contributed by atoms with van der Waals surface area (Å²) in [6, 6.07) is 34.8. The molecule has 1 atom stereocenters. The molecule has 0 amide bonds. The summed E-state index contributed by atoms with van der Waals surface area (Å²) in [5, 5.41) is 3.58. The second-order valence-corrected chi connectivity index (χ2v) is 7.83. The Morgan fingerprint density at radius 3 is 1.62 bits per heavy atom. The Bertz CT molecular complexity index is 1090. The van der Waals surface area contributed by atoms with Crippen LogP contribution < -0.4 is 10.1 Å². The largest absolute Gasteiger partial charge is 0.491 e. The molecule has 4 aromatic carbocycles. The van der Waals surface area contributed by atoms with Crippen LogP contribution in [0.2, 0.25) is 0 Å². The normalized spacial score (nSPS) is 12.1. The highest BCUT2D eigenvalue weighted by atomic mass is 19.1. The highest BCUT2D eigenvalue weighted by Gasteiger charge is 2.40. The van der Waals surface area contributed by atoms with Gasteiger partial charge in [0.2, 0.25) is 0 Å². The summed E-state index contributed by atoms with van der Waals surface area (Å²) in [4.78, 5) is 12.9. The molecule has 0 bridgehead atoms. The van der Waals surface area contributed by atoms with Crippen molar-refractivity contribution < 1.29 is 18.7 Å². The van der Waals surface area contributed by atoms with Crippen LogP contribution in [0, 0.1) is 5.82 Å². The molecule has 0 saturated heterocycles. The van der Waals surface area contributed by atoms with Gasteiger partial charge in [0, 0.05) is 0 Å². The molecule has 0 fully saturated rings. The van der Waals surface area contributed by atoms with Crippen molar-refractivity contribution in [2.45, 2.75) is 11.6 Å². The topological polar surface area (TPSA) is 47.6 Å². The van der Waals surface area contributed by atoms with Crippen LogP contribution in [0.5, 0.6) is 5.75 Å². The number of methoxy groups -OCH3 is 1. The molecule has 34 heavy (non-hydrogen) atoms. The lowest BCUT2D eigenvalue weighted by atomic mass is 9.76. The van der Waals surface area contributed by atoms with Crippen LogP contribution in [0.3, 0.4) is 0 Å². The minimum absolute atomic E-state index is 0.00738. The molecule has 0 spiro atoms. The molecule has 0 heterocycles. The molecule has 4 aromatic rings. The zero-order valence-corrected chi connectivity index (χ0v) is 18.9. The number of benzene rings is 4. The Balaban J connectivity index is 1.81. The summed E-state index contributed by atoms with van der Waals surface area (Å²) in [5.74, 6) is -0.359. The van der Waals surface area contributed by atoms with Gasteiger partial charge in [-0.05, 0) is 41.0 Å². The van der Waals surface area contributed by atoms with Gasteiger partial charge in [-0.2, -0.15) is 0 Å². The molecule has 0 aromatic heterocycles. The zero-order valence-electron chi connectivity index (χ0n) is 18.9. The van der Waals surface area contributed by atoms with E-state index in [0.29, 0.717) is 5.75 Å². The highest BCUT2D eigenvalue weighted by Crippen LogP contribution is 2.37. The third kappa shape index (κ3) is 5.00. The first-order valence-electron chi connectivity index (χ1n) is 11.0. The molecule has 0 aliphatic rings. The van der Waals surface area contributed by atoms with Crippen molar-refractivity contribution in [1.29, 1.82) is 0 Å². The fraction of sp³-hybridized carbons (Fsp3) is 0.138. The van der Waals surface area contributed by atoms with Gasteiger partial charge in [-0.3, -0.25) is 10.1 Å². The van der Waals surface area contributed by atoms with E-state index in [0.717, 1.165) is 16.7 Å². The first-order valence-corrected chi connectivity index (χ1v) is 11.0. The van der Waals surface area contributed by atoms with Gasteiger partial charge in [0.1, 0.15) is 24.2 Å². The van der Waals surface area contributed by atoms with E-state index >= 15 is 0 Å². The smallest absolute Gasteiger partial charge is 0.326 e. The predicted molar refractivity (Wildman–Crippen MR) is 130 cm³/mol. The molecule has 4 rings (SSSR count). The maximum atomic E-state index is 13.3. The first-order chi connectivity index (χ1) is 16.6. The van der Waals surface area contributed by atoms with E-state index in [1.54, 1.807) is 0 Å². The van der Waals surface area contributed by atoms with Crippen LogP contribution in [0.1, 0.15) is 16.7 Å². The van der Waals surface area contributed by atoms with Crippen LogP contribution in [0.4, 0.5) is 4.39 Å². The Morgan fingerprint density at radius 2 is 1.21 bits per heavy atom. The molecular formula is C29H26FNO3. The van der Waals surface area contributed by atoms with Crippen LogP contribution in [-0.2, 0) is 15.1 Å². The molecule has 0 aliphatic carbocycles. The minimum Gasteiger partial charge on any atom is -0.491 e. The van der Waals surface area contributed by atoms with Crippen molar-refractivity contribution in [3.8, 4) is 5.75 Å². The number of halogens is 1. The maximum Gasteiger partial charge on any atom is 0.326 e. The van der Waals surface area contributed by atoms with Gasteiger partial charge >= 0.3 is 5.97 Å². The standard InChI is InChI=1S/C29H26FNO3/c1-33-28(32)27(21-34-26-19-17-25(30)18-20-26)31-29(22-11-5-2-6-12-22,23-13-7-3-8-14-23)24-15-9-4-10-16-24/h2-20,27,31H,21H2,1H3/t27-/m1/s1. The Morgan fingerprint density at radius 1 is 0.765 bits per heavy atom. The van der Waals surface area contributed by atoms with Gasteiger partial charge in [-0.1, -0.05) is 91.0 Å². The van der Waals surface area contributed by atoms with Gasteiger partial charge in [0.25, 0.3) is 0 Å². The van der Waals surface area contributed by atoms with E-state index in [-0.39, 0.29) is 12.4 Å². The van der Waals surface area contributed by atoms with Crippen molar-refractivity contribution in [3.05, 3.63) is 138 Å². The molecule has 0 aliphatic heterocycles. The highest BCUT2D eigenvalue weighted by molar-refractivity contribution is 5.76. The molecule has 0 radical (unpaired) electrons. The zero-order chi connectivity index (χ0) is 23.8. The summed E-state index contributed by atoms with van der Waals surface area (Å²) >= 11 is 0. The van der Waals surface area contributed by atoms with Crippen molar-refractivity contribution in [3.63, 3.8) is 0 Å². The molecule has 0 unspecified atom stereocenters. The average molecular weight is 456 g/mol. The summed E-state index contributed by atoms with van der Waals surface area (Å²) in [5.41, 5.74) is 2.02. The third-order valence-electron chi connectivity index (χ3n) is 5.73. The second kappa shape index (κ2) is 10.8. The summed E-state index contributed by atoms with van der Waals surface area (Å²) < 4.78 is 24.3. The average Bonchev–Trinajstić information content (AvgIpc) is 2.91. The Hall–Kier alpha value is -3.96. The van der Waals surface area contributed by atoms with Gasteiger partial charge in [0.15, 0.2) is 0 Å². The van der Waals surface area contributed by atoms with E-state index in [1.165, 1.54) is 31.4 Å². The third-order valence-corrected chi connectivity index (χ3v) is 5.73. The van der Waals surface area contributed by atoms with Crippen molar-refractivity contribution in [2.75, 3.05) is 13.7 Å². The van der Waals surface area contributed by atoms with Crippen LogP contribution in [-0.4, -0.2) is 25.7 Å². The van der Waals surface area contributed by atoms with E-state index in [1.807, 2.05) is 91.0 Å². The number of nitrogens with one attached hydrogen (secondary N) is 1. The SMILES string of the molecule is COC(=O)[C@@H](COc1ccc(F)cc1)NC(c1ccccc1)(c1ccccc1)c1ccccc1. The predicted octanol–water partition coefficient (Wildman–Crippen LogP) is 5.33. The van der Waals surface area contributed by atoms with Crippen LogP contribution in [0.25, 0.3) is 0 Å². The summed E-state index contributed by atoms with van der Waals surface area (Å²) in [6.45, 7) is -0.00738. The molecule has 1 N–H and O–H groups in total. The van der Waals surface area contributed by atoms with Crippen molar-refractivity contribution >= 4 is 5.97 Å². The number of rotatable bonds is 9. The fourth-order valence-corrected chi connectivity index (χ4v) is 4.10. The molecule has 5 heteroatoms. The number of carbonyl (C=O) groups excluding carboxylic acids is 1. The number of hydrogen-bond acceptors (Lipinski definition) is 4. The van der Waals surface area contributed by atoms with E-state index in [4.69, 9.17) is 9.47 Å². The van der Waals surface area contributed by atoms with Gasteiger partial charge < -0.3 is 9.47 Å². The van der Waals surface area contributed by atoms with E-state index in [9.17, 15) is 9.18 Å². The maximum absolute atomic E-state index is 13.3. The van der Waals surface area contributed by atoms with Crippen molar-refractivity contribution in [2.24, 2.45) is 0 Å². The van der Waals surface area contributed by atoms with Gasteiger partial charge in [0.05, 0.1) is 12.6 Å². The number of hydrogen-bond donors (Lipinski definition) is 1. The van der Waals surface area contributed by atoms with Crippen LogP contribution >= 0.6 is 0 Å². The summed E-state index contributed by atoms with van der Waals surface area (Å²) in [6.07, 6.45) is 0. The number of carbonyl (C=O) groups is 1. The summed E-state index contributed by atoms with van der Waals surface area (Å²) in [7, 11) is 1.35. The number of esters is 1. The Kier molecular flexibility index (Phi) is 7.35. The van der Waals surface area contributed by atoms with Crippen LogP contribution in [0.15, 0.2) is 115 Å². The lowest BCUT2D eigenvalue weighted by Crippen LogP contribution is -2.55. The lowest BCUT2D eigenvalue weighted by Gasteiger charge is -2.39. The quantitative estimate of drug-likeness (QED) is 0.274. The van der Waals surface area contributed by atoms with E-state index < -0.39 is 17.6 Å².